The molecule has 4 heteroatoms. The van der Waals surface area contributed by atoms with E-state index < -0.39 is 0 Å². The van der Waals surface area contributed by atoms with Crippen molar-refractivity contribution in [2.45, 2.75) is 31.2 Å². The quantitative estimate of drug-likeness (QED) is 0.634. The summed E-state index contributed by atoms with van der Waals surface area (Å²) in [5, 5.41) is 0. The fourth-order valence-electron chi connectivity index (χ4n) is 2.30. The molecule has 0 aromatic heterocycles. The van der Waals surface area contributed by atoms with Crippen molar-refractivity contribution in [3.63, 3.8) is 0 Å². The third kappa shape index (κ3) is 3.19. The second kappa shape index (κ2) is 5.64. The summed E-state index contributed by atoms with van der Waals surface area (Å²) < 4.78 is 4.64. The molecule has 1 saturated carbocycles. The number of nitrogens with zero attached hydrogens (tertiary/aromatic N) is 2. The maximum atomic E-state index is 11.0. The Morgan fingerprint density at radius 1 is 1.31 bits per heavy atom. The van der Waals surface area contributed by atoms with Crippen molar-refractivity contribution < 1.29 is 9.53 Å². The third-order valence-corrected chi connectivity index (χ3v) is 3.72. The van der Waals surface area contributed by atoms with Crippen molar-refractivity contribution >= 4 is 5.97 Å². The highest BCUT2D eigenvalue weighted by molar-refractivity contribution is 5.69. The molecule has 1 aliphatic rings. The minimum absolute atomic E-state index is 0.126. The van der Waals surface area contributed by atoms with Crippen molar-refractivity contribution in [2.75, 3.05) is 41.3 Å². The lowest BCUT2D eigenvalue weighted by Crippen LogP contribution is -2.56. The zero-order valence-electron chi connectivity index (χ0n) is 11.0. The lowest BCUT2D eigenvalue weighted by Gasteiger charge is -2.49. The van der Waals surface area contributed by atoms with Gasteiger partial charge in [-0.3, -0.25) is 4.79 Å². The fraction of sp³-hybridized carbons (Fsp3) is 0.917. The Balaban J connectivity index is 2.32. The van der Waals surface area contributed by atoms with Crippen LogP contribution in [0.4, 0.5) is 0 Å². The van der Waals surface area contributed by atoms with Gasteiger partial charge in [-0.25, -0.2) is 0 Å². The number of hydrogen-bond acceptors (Lipinski definition) is 4. The molecule has 16 heavy (non-hydrogen) atoms. The molecule has 0 heterocycles. The van der Waals surface area contributed by atoms with Gasteiger partial charge in [-0.2, -0.15) is 0 Å². The Hall–Kier alpha value is -0.610. The number of carbonyl (C=O) groups is 1. The average molecular weight is 228 g/mol. The largest absolute Gasteiger partial charge is 0.469 e. The van der Waals surface area contributed by atoms with Gasteiger partial charge in [0.15, 0.2) is 0 Å². The molecule has 0 aromatic carbocycles. The molecule has 0 atom stereocenters. The second-order valence-electron chi connectivity index (χ2n) is 5.04. The first-order valence-corrected chi connectivity index (χ1v) is 5.93. The van der Waals surface area contributed by atoms with Gasteiger partial charge in [0, 0.05) is 18.6 Å². The van der Waals surface area contributed by atoms with Gasteiger partial charge in [-0.1, -0.05) is 0 Å². The van der Waals surface area contributed by atoms with Gasteiger partial charge in [0.05, 0.1) is 13.5 Å². The number of carbonyl (C=O) groups excluding carboxylic acids is 1. The molecular formula is C12H24N2O2. The molecule has 94 valence electrons. The molecule has 0 unspecified atom stereocenters. The molecule has 1 fully saturated rings. The number of hydrogen-bond donors (Lipinski definition) is 0. The first-order valence-electron chi connectivity index (χ1n) is 5.93. The summed E-state index contributed by atoms with van der Waals surface area (Å²) in [7, 11) is 7.81. The Kier molecular flexibility index (Phi) is 4.74. The SMILES string of the molecule is COC(=O)CCN(C)CC1(N(C)C)CCC1. The molecule has 0 aromatic rings. The molecule has 1 aliphatic carbocycles. The van der Waals surface area contributed by atoms with Crippen molar-refractivity contribution in [1.82, 2.24) is 9.80 Å². The van der Waals surface area contributed by atoms with E-state index in [-0.39, 0.29) is 5.97 Å². The van der Waals surface area contributed by atoms with E-state index in [0.29, 0.717) is 12.0 Å². The Labute approximate surface area is 98.5 Å². The molecule has 4 nitrogen and oxygen atoms in total. The number of methoxy groups -OCH3 is 1. The number of ether oxygens (including phenoxy) is 1. The molecule has 1 rings (SSSR count). The van der Waals surface area contributed by atoms with Crippen molar-refractivity contribution in [3.05, 3.63) is 0 Å². The summed E-state index contributed by atoms with van der Waals surface area (Å²) in [5.74, 6) is -0.126. The summed E-state index contributed by atoms with van der Waals surface area (Å²) in [6, 6.07) is 0. The standard InChI is InChI=1S/C12H24N2O2/c1-13(2)12(7-5-8-12)10-14(3)9-6-11(15)16-4/h5-10H2,1-4H3. The van der Waals surface area contributed by atoms with Crippen LogP contribution in [-0.4, -0.2) is 62.7 Å². The smallest absolute Gasteiger partial charge is 0.306 e. The van der Waals surface area contributed by atoms with E-state index in [4.69, 9.17) is 0 Å². The van der Waals surface area contributed by atoms with Crippen LogP contribution < -0.4 is 0 Å². The van der Waals surface area contributed by atoms with Crippen LogP contribution in [0.2, 0.25) is 0 Å². The summed E-state index contributed by atoms with van der Waals surface area (Å²) in [5.41, 5.74) is 0.338. The normalized spacial score (nSPS) is 18.6. The molecule has 0 spiro atoms. The van der Waals surface area contributed by atoms with E-state index in [1.165, 1.54) is 26.4 Å². The van der Waals surface area contributed by atoms with Crippen LogP contribution >= 0.6 is 0 Å². The van der Waals surface area contributed by atoms with E-state index in [2.05, 4.69) is 35.7 Å². The maximum absolute atomic E-state index is 11.0. The Bertz CT molecular complexity index is 237. The summed E-state index contributed by atoms with van der Waals surface area (Å²) in [6.07, 6.45) is 4.34. The highest BCUT2D eigenvalue weighted by Gasteiger charge is 2.39. The van der Waals surface area contributed by atoms with E-state index in [0.717, 1.165) is 13.1 Å². The molecule has 0 bridgehead atoms. The van der Waals surface area contributed by atoms with E-state index in [9.17, 15) is 4.79 Å². The number of likely N-dealkylation sites (N-methyl/N-ethyl adjacent to an activating group) is 2. The van der Waals surface area contributed by atoms with Crippen LogP contribution in [0.15, 0.2) is 0 Å². The van der Waals surface area contributed by atoms with E-state index in [1.807, 2.05) is 0 Å². The van der Waals surface area contributed by atoms with Crippen molar-refractivity contribution in [1.29, 1.82) is 0 Å². The summed E-state index contributed by atoms with van der Waals surface area (Å²) >= 11 is 0. The van der Waals surface area contributed by atoms with Gasteiger partial charge in [-0.05, 0) is 40.4 Å². The molecule has 0 saturated heterocycles. The highest BCUT2D eigenvalue weighted by atomic mass is 16.5. The van der Waals surface area contributed by atoms with Gasteiger partial charge >= 0.3 is 5.97 Å². The van der Waals surface area contributed by atoms with E-state index in [1.54, 1.807) is 0 Å². The van der Waals surface area contributed by atoms with Crippen molar-refractivity contribution in [3.8, 4) is 0 Å². The summed E-state index contributed by atoms with van der Waals surface area (Å²) in [6.45, 7) is 1.82. The minimum atomic E-state index is -0.126. The Morgan fingerprint density at radius 3 is 2.31 bits per heavy atom. The van der Waals surface area contributed by atoms with E-state index >= 15 is 0 Å². The topological polar surface area (TPSA) is 32.8 Å². The van der Waals surface area contributed by atoms with Crippen LogP contribution in [0.5, 0.6) is 0 Å². The minimum Gasteiger partial charge on any atom is -0.469 e. The zero-order valence-corrected chi connectivity index (χ0v) is 11.0. The van der Waals surface area contributed by atoms with Gasteiger partial charge in [0.2, 0.25) is 0 Å². The predicted molar refractivity (Wildman–Crippen MR) is 64.4 cm³/mol. The lowest BCUT2D eigenvalue weighted by atomic mass is 9.75. The van der Waals surface area contributed by atoms with Gasteiger partial charge in [-0.15, -0.1) is 0 Å². The van der Waals surface area contributed by atoms with Gasteiger partial charge < -0.3 is 14.5 Å². The molecule has 0 N–H and O–H groups in total. The van der Waals surface area contributed by atoms with Crippen LogP contribution in [0.3, 0.4) is 0 Å². The third-order valence-electron chi connectivity index (χ3n) is 3.72. The Morgan fingerprint density at radius 2 is 1.94 bits per heavy atom. The van der Waals surface area contributed by atoms with Gasteiger partial charge in [0.25, 0.3) is 0 Å². The molecular weight excluding hydrogens is 204 g/mol. The van der Waals surface area contributed by atoms with Gasteiger partial charge in [0.1, 0.15) is 0 Å². The first-order chi connectivity index (χ1) is 7.50. The van der Waals surface area contributed by atoms with Crippen molar-refractivity contribution in [2.24, 2.45) is 0 Å². The number of rotatable bonds is 6. The highest BCUT2D eigenvalue weighted by Crippen LogP contribution is 2.36. The molecule has 0 aliphatic heterocycles. The van der Waals surface area contributed by atoms with Crippen LogP contribution in [0.25, 0.3) is 0 Å². The van der Waals surface area contributed by atoms with Crippen LogP contribution in [-0.2, 0) is 9.53 Å². The van der Waals surface area contributed by atoms with Crippen LogP contribution in [0.1, 0.15) is 25.7 Å². The lowest BCUT2D eigenvalue weighted by molar-refractivity contribution is -0.141. The fourth-order valence-corrected chi connectivity index (χ4v) is 2.30. The molecule has 0 radical (unpaired) electrons. The predicted octanol–water partition coefficient (Wildman–Crippen LogP) is 0.966. The number of esters is 1. The average Bonchev–Trinajstić information content (AvgIpc) is 2.19. The second-order valence-corrected chi connectivity index (χ2v) is 5.04. The summed E-state index contributed by atoms with van der Waals surface area (Å²) in [4.78, 5) is 15.6. The maximum Gasteiger partial charge on any atom is 0.306 e. The van der Waals surface area contributed by atoms with Crippen LogP contribution in [0, 0.1) is 0 Å². The monoisotopic (exact) mass is 228 g/mol. The zero-order chi connectivity index (χ0) is 12.2. The first kappa shape index (κ1) is 13.5. The molecule has 0 amide bonds.